The number of hydrogen-bond acceptors (Lipinski definition) is 5. The molecule has 1 atom stereocenters. The summed E-state index contributed by atoms with van der Waals surface area (Å²) in [5.41, 5.74) is 5.28. The van der Waals surface area contributed by atoms with Crippen molar-refractivity contribution in [3.8, 4) is 11.8 Å². The fourth-order valence-electron chi connectivity index (χ4n) is 2.50. The quantitative estimate of drug-likeness (QED) is 0.277. The number of aliphatic hydroxyl groups excluding tert-OH is 1. The number of unbranched alkanes of at least 4 members (excludes halogenated alkanes) is 1. The summed E-state index contributed by atoms with van der Waals surface area (Å²) in [7, 11) is 0. The highest BCUT2D eigenvalue weighted by molar-refractivity contribution is 6.27. The Hall–Kier alpha value is -3.29. The largest absolute Gasteiger partial charge is 0.473 e. The van der Waals surface area contributed by atoms with Crippen LogP contribution in [0.4, 0.5) is 13.2 Å². The summed E-state index contributed by atoms with van der Waals surface area (Å²) in [5, 5.41) is 23.9. The van der Waals surface area contributed by atoms with E-state index in [0.717, 1.165) is 11.8 Å². The molecule has 10 heteroatoms. The van der Waals surface area contributed by atoms with Crippen molar-refractivity contribution in [3.05, 3.63) is 59.0 Å². The molecule has 0 saturated carbocycles. The maximum Gasteiger partial charge on any atom is 0.416 e. The molecule has 5 N–H and O–H groups in total. The number of furan rings is 1. The molecule has 0 saturated heterocycles. The number of benzene rings is 1. The zero-order valence-corrected chi connectivity index (χ0v) is 18.0. The lowest BCUT2D eigenvalue weighted by atomic mass is 9.98. The second-order valence-electron chi connectivity index (χ2n) is 7.54. The van der Waals surface area contributed by atoms with E-state index in [2.05, 4.69) is 11.8 Å². The van der Waals surface area contributed by atoms with Gasteiger partial charge in [-0.3, -0.25) is 0 Å². The summed E-state index contributed by atoms with van der Waals surface area (Å²) in [6.45, 7) is 1.69. The first-order valence-corrected chi connectivity index (χ1v) is 9.94. The number of carboxylic acid groups (broad SMARTS) is 2. The van der Waals surface area contributed by atoms with Crippen LogP contribution in [0, 0.1) is 11.8 Å². The van der Waals surface area contributed by atoms with Crippen LogP contribution in [0.3, 0.4) is 0 Å². The van der Waals surface area contributed by atoms with Crippen molar-refractivity contribution in [1.82, 2.24) is 0 Å². The molecule has 0 spiro atoms. The van der Waals surface area contributed by atoms with E-state index in [1.807, 2.05) is 6.07 Å². The molecule has 0 aliphatic heterocycles. The summed E-state index contributed by atoms with van der Waals surface area (Å²) in [5.74, 6) is 3.56. The molecule has 0 aliphatic rings. The molecule has 1 heterocycles. The van der Waals surface area contributed by atoms with Crippen molar-refractivity contribution in [1.29, 1.82) is 0 Å². The number of alkyl halides is 3. The Morgan fingerprint density at radius 2 is 1.76 bits per heavy atom. The van der Waals surface area contributed by atoms with Crippen LogP contribution in [0.2, 0.25) is 0 Å². The van der Waals surface area contributed by atoms with E-state index in [0.29, 0.717) is 43.4 Å². The van der Waals surface area contributed by atoms with Gasteiger partial charge in [-0.1, -0.05) is 24.1 Å². The minimum atomic E-state index is -4.31. The SMILES string of the molecule is C[C@](N)(CO)CCc1ccc(C#CCCCc2cccc(C(F)(F)F)c2)o1.O=C(O)C(=O)O. The lowest BCUT2D eigenvalue weighted by Crippen LogP contribution is -2.40. The molecule has 1 aromatic heterocycles. The average molecular weight is 469 g/mol. The zero-order valence-electron chi connectivity index (χ0n) is 18.0. The van der Waals surface area contributed by atoms with E-state index in [-0.39, 0.29) is 6.61 Å². The molecular weight excluding hydrogens is 443 g/mol. The molecule has 0 unspecified atom stereocenters. The number of carboxylic acids is 2. The van der Waals surface area contributed by atoms with Gasteiger partial charge >= 0.3 is 18.1 Å². The molecule has 0 bridgehead atoms. The summed E-state index contributed by atoms with van der Waals surface area (Å²) in [4.78, 5) is 18.2. The van der Waals surface area contributed by atoms with Crippen LogP contribution in [0.25, 0.3) is 0 Å². The summed E-state index contributed by atoms with van der Waals surface area (Å²) < 4.78 is 43.7. The predicted octanol–water partition coefficient (Wildman–Crippen LogP) is 3.47. The minimum Gasteiger partial charge on any atom is -0.473 e. The van der Waals surface area contributed by atoms with E-state index in [1.165, 1.54) is 12.1 Å². The standard InChI is InChI=1S/C21H24F3NO2.C2H2O4/c1-20(25,15-26)13-12-19-11-10-18(27-19)9-4-2-3-6-16-7-5-8-17(14-16)21(22,23)24;3-1(4)2(5)6/h5,7-8,10-11,14,26H,2-3,6,12-13,15,25H2,1H3;(H,3,4)(H,5,6)/t20-;/m1./s1. The third-order valence-electron chi connectivity index (χ3n) is 4.38. The van der Waals surface area contributed by atoms with Gasteiger partial charge in [0.25, 0.3) is 0 Å². The zero-order chi connectivity index (χ0) is 25.1. The molecular formula is C23H26F3NO6. The molecule has 0 fully saturated rings. The van der Waals surface area contributed by atoms with Gasteiger partial charge in [0.1, 0.15) is 5.76 Å². The smallest absolute Gasteiger partial charge is 0.416 e. The molecule has 33 heavy (non-hydrogen) atoms. The maximum absolute atomic E-state index is 12.7. The summed E-state index contributed by atoms with van der Waals surface area (Å²) in [6, 6.07) is 8.99. The van der Waals surface area contributed by atoms with Crippen molar-refractivity contribution in [3.63, 3.8) is 0 Å². The van der Waals surface area contributed by atoms with Crippen molar-refractivity contribution in [2.75, 3.05) is 6.61 Å². The van der Waals surface area contributed by atoms with Gasteiger partial charge in [0.05, 0.1) is 12.2 Å². The first-order valence-electron chi connectivity index (χ1n) is 9.94. The van der Waals surface area contributed by atoms with Crippen LogP contribution >= 0.6 is 0 Å². The molecule has 180 valence electrons. The highest BCUT2D eigenvalue weighted by Gasteiger charge is 2.30. The van der Waals surface area contributed by atoms with Crippen LogP contribution in [0.15, 0.2) is 40.8 Å². The first kappa shape index (κ1) is 27.7. The monoisotopic (exact) mass is 469 g/mol. The van der Waals surface area contributed by atoms with Gasteiger partial charge in [0.2, 0.25) is 0 Å². The Morgan fingerprint density at radius 1 is 1.09 bits per heavy atom. The van der Waals surface area contributed by atoms with Gasteiger partial charge in [0.15, 0.2) is 5.76 Å². The second-order valence-corrected chi connectivity index (χ2v) is 7.54. The number of aliphatic hydroxyl groups is 1. The number of aliphatic carboxylic acids is 2. The number of hydrogen-bond donors (Lipinski definition) is 4. The number of nitrogens with two attached hydrogens (primary N) is 1. The summed E-state index contributed by atoms with van der Waals surface area (Å²) >= 11 is 0. The summed E-state index contributed by atoms with van der Waals surface area (Å²) in [6.07, 6.45) is -1.32. The Bertz CT molecular complexity index is 974. The van der Waals surface area contributed by atoms with Crippen LogP contribution in [0.5, 0.6) is 0 Å². The number of halogens is 3. The molecule has 0 aliphatic carbocycles. The fraction of sp³-hybridized carbons (Fsp3) is 0.391. The lowest BCUT2D eigenvalue weighted by Gasteiger charge is -2.20. The number of aryl methyl sites for hydroxylation is 2. The van der Waals surface area contributed by atoms with Crippen LogP contribution in [0.1, 0.15) is 48.8 Å². The predicted molar refractivity (Wildman–Crippen MR) is 113 cm³/mol. The molecule has 7 nitrogen and oxygen atoms in total. The van der Waals surface area contributed by atoms with Crippen LogP contribution < -0.4 is 5.73 Å². The van der Waals surface area contributed by atoms with E-state index in [9.17, 15) is 13.2 Å². The van der Waals surface area contributed by atoms with Gasteiger partial charge in [-0.2, -0.15) is 13.2 Å². The Morgan fingerprint density at radius 3 is 2.33 bits per heavy atom. The van der Waals surface area contributed by atoms with Gasteiger partial charge in [-0.15, -0.1) is 0 Å². The van der Waals surface area contributed by atoms with Crippen molar-refractivity contribution in [2.24, 2.45) is 5.73 Å². The first-order chi connectivity index (χ1) is 15.3. The minimum absolute atomic E-state index is 0.0910. The Kier molecular flexibility index (Phi) is 10.7. The van der Waals surface area contributed by atoms with E-state index >= 15 is 0 Å². The van der Waals surface area contributed by atoms with Crippen molar-refractivity contribution < 1.29 is 42.5 Å². The highest BCUT2D eigenvalue weighted by atomic mass is 19.4. The van der Waals surface area contributed by atoms with Crippen LogP contribution in [-0.4, -0.2) is 39.4 Å². The molecule has 0 radical (unpaired) electrons. The van der Waals surface area contributed by atoms with E-state index < -0.39 is 29.2 Å². The van der Waals surface area contributed by atoms with Crippen molar-refractivity contribution >= 4 is 11.9 Å². The number of rotatable bonds is 7. The average Bonchev–Trinajstić information content (AvgIpc) is 3.20. The van der Waals surface area contributed by atoms with Crippen LogP contribution in [-0.2, 0) is 28.6 Å². The third-order valence-corrected chi connectivity index (χ3v) is 4.38. The fourth-order valence-corrected chi connectivity index (χ4v) is 2.50. The lowest BCUT2D eigenvalue weighted by molar-refractivity contribution is -0.159. The highest BCUT2D eigenvalue weighted by Crippen LogP contribution is 2.29. The molecule has 1 aromatic carbocycles. The number of carbonyl (C=O) groups is 2. The van der Waals surface area contributed by atoms with E-state index in [4.69, 9.17) is 35.1 Å². The van der Waals surface area contributed by atoms with Crippen molar-refractivity contribution in [2.45, 2.75) is 50.7 Å². The van der Waals surface area contributed by atoms with Gasteiger partial charge in [-0.25, -0.2) is 9.59 Å². The van der Waals surface area contributed by atoms with Gasteiger partial charge in [-0.05, 0) is 55.9 Å². The topological polar surface area (TPSA) is 134 Å². The third kappa shape index (κ3) is 11.2. The van der Waals surface area contributed by atoms with E-state index in [1.54, 1.807) is 19.1 Å². The normalized spacial score (nSPS) is 12.5. The Labute approximate surface area is 189 Å². The Balaban J connectivity index is 0.000000801. The molecule has 2 rings (SSSR count). The second kappa shape index (κ2) is 12.7. The van der Waals surface area contributed by atoms with Gasteiger partial charge in [0, 0.05) is 18.4 Å². The molecule has 2 aromatic rings. The van der Waals surface area contributed by atoms with Gasteiger partial charge < -0.3 is 25.5 Å². The molecule has 0 amide bonds. The maximum atomic E-state index is 12.7.